The number of rotatable bonds is 5. The van der Waals surface area contributed by atoms with E-state index in [0.29, 0.717) is 24.2 Å². The van der Waals surface area contributed by atoms with Gasteiger partial charge in [0.05, 0.1) is 23.3 Å². The lowest BCUT2D eigenvalue weighted by Gasteiger charge is -2.11. The zero-order valence-corrected chi connectivity index (χ0v) is 19.4. The molecule has 0 aliphatic carbocycles. The Hall–Kier alpha value is -4.22. The Morgan fingerprint density at radius 1 is 0.743 bits per heavy atom. The minimum Gasteiger partial charge on any atom is -0.493 e. The molecule has 2 N–H and O–H groups in total. The SMILES string of the molecule is Cc1ccc(Cc2nc3c(Cc4ccccc4)nc4c5ccc(CO)cc5ccc4n3c2O)cc1. The van der Waals surface area contributed by atoms with E-state index in [1.54, 1.807) is 0 Å². The molecule has 5 nitrogen and oxygen atoms in total. The standard InChI is InChI=1S/C30H25N3O2/c1-19-7-9-21(10-8-19)17-26-30(35)33-27-14-12-23-15-22(18-34)11-13-24(23)28(27)31-25(29(33)32-26)16-20-5-3-2-4-6-20/h2-15,34-35H,16-18H2,1H3. The maximum atomic E-state index is 11.4. The average molecular weight is 460 g/mol. The summed E-state index contributed by atoms with van der Waals surface area (Å²) in [6, 6.07) is 28.4. The van der Waals surface area contributed by atoms with Crippen LogP contribution in [0.4, 0.5) is 0 Å². The van der Waals surface area contributed by atoms with Gasteiger partial charge in [-0.2, -0.15) is 0 Å². The molecule has 0 aliphatic rings. The Labute approximate surface area is 203 Å². The van der Waals surface area contributed by atoms with Gasteiger partial charge >= 0.3 is 0 Å². The smallest absolute Gasteiger partial charge is 0.220 e. The second-order valence-electron chi connectivity index (χ2n) is 9.07. The average Bonchev–Trinajstić information content (AvgIpc) is 3.22. The third kappa shape index (κ3) is 3.80. The maximum absolute atomic E-state index is 11.4. The van der Waals surface area contributed by atoms with Crippen molar-refractivity contribution in [3.05, 3.63) is 119 Å². The summed E-state index contributed by atoms with van der Waals surface area (Å²) in [6.07, 6.45) is 1.14. The highest BCUT2D eigenvalue weighted by atomic mass is 16.3. The Bertz CT molecular complexity index is 1690. The van der Waals surface area contributed by atoms with Crippen LogP contribution in [0.3, 0.4) is 0 Å². The van der Waals surface area contributed by atoms with Gasteiger partial charge in [-0.1, -0.05) is 78.4 Å². The number of aryl methyl sites for hydroxylation is 1. The van der Waals surface area contributed by atoms with Crippen molar-refractivity contribution in [2.45, 2.75) is 26.4 Å². The molecule has 0 fully saturated rings. The predicted octanol–water partition coefficient (Wildman–Crippen LogP) is 5.72. The Balaban J connectivity index is 1.61. The number of fused-ring (bicyclic) bond motifs is 5. The molecule has 35 heavy (non-hydrogen) atoms. The van der Waals surface area contributed by atoms with Crippen molar-refractivity contribution in [3.8, 4) is 5.88 Å². The van der Waals surface area contributed by atoms with E-state index in [1.165, 1.54) is 5.56 Å². The molecule has 0 radical (unpaired) electrons. The van der Waals surface area contributed by atoms with Crippen LogP contribution in [-0.2, 0) is 19.4 Å². The van der Waals surface area contributed by atoms with Gasteiger partial charge in [0.2, 0.25) is 5.88 Å². The van der Waals surface area contributed by atoms with Gasteiger partial charge in [-0.05, 0) is 41.1 Å². The van der Waals surface area contributed by atoms with E-state index >= 15 is 0 Å². The van der Waals surface area contributed by atoms with Crippen molar-refractivity contribution < 1.29 is 10.2 Å². The van der Waals surface area contributed by atoms with Crippen LogP contribution >= 0.6 is 0 Å². The quantitative estimate of drug-likeness (QED) is 0.323. The third-order valence-corrected chi connectivity index (χ3v) is 6.59. The molecule has 0 aliphatic heterocycles. The Morgan fingerprint density at radius 3 is 2.23 bits per heavy atom. The number of aliphatic hydroxyl groups is 1. The Morgan fingerprint density at radius 2 is 1.46 bits per heavy atom. The fourth-order valence-electron chi connectivity index (χ4n) is 4.74. The van der Waals surface area contributed by atoms with Gasteiger partial charge in [0.15, 0.2) is 5.65 Å². The van der Waals surface area contributed by atoms with Crippen molar-refractivity contribution in [2.24, 2.45) is 0 Å². The lowest BCUT2D eigenvalue weighted by molar-refractivity contribution is 0.282. The number of aromatic hydroxyl groups is 1. The molecule has 0 saturated carbocycles. The monoisotopic (exact) mass is 459 g/mol. The van der Waals surface area contributed by atoms with Crippen LogP contribution in [0.25, 0.3) is 27.5 Å². The van der Waals surface area contributed by atoms with Crippen LogP contribution in [0.5, 0.6) is 5.88 Å². The molecule has 0 unspecified atom stereocenters. The summed E-state index contributed by atoms with van der Waals surface area (Å²) in [7, 11) is 0. The van der Waals surface area contributed by atoms with Crippen LogP contribution in [0, 0.1) is 6.92 Å². The minimum absolute atomic E-state index is 0.00955. The van der Waals surface area contributed by atoms with Crippen LogP contribution in [-0.4, -0.2) is 24.6 Å². The summed E-state index contributed by atoms with van der Waals surface area (Å²) in [4.78, 5) is 10.00. The van der Waals surface area contributed by atoms with Crippen molar-refractivity contribution in [2.75, 3.05) is 0 Å². The highest BCUT2D eigenvalue weighted by Crippen LogP contribution is 2.32. The van der Waals surface area contributed by atoms with E-state index in [4.69, 9.17) is 9.97 Å². The summed E-state index contributed by atoms with van der Waals surface area (Å²) in [5, 5.41) is 22.9. The number of hydrogen-bond acceptors (Lipinski definition) is 4. The predicted molar refractivity (Wildman–Crippen MR) is 139 cm³/mol. The normalized spacial score (nSPS) is 11.6. The highest BCUT2D eigenvalue weighted by Gasteiger charge is 2.20. The van der Waals surface area contributed by atoms with E-state index in [1.807, 2.05) is 52.9 Å². The molecule has 5 heteroatoms. The number of aromatic nitrogens is 3. The van der Waals surface area contributed by atoms with Crippen LogP contribution in [0.2, 0.25) is 0 Å². The van der Waals surface area contributed by atoms with Crippen LogP contribution < -0.4 is 0 Å². The van der Waals surface area contributed by atoms with Gasteiger partial charge in [-0.25, -0.2) is 9.97 Å². The van der Waals surface area contributed by atoms with E-state index in [9.17, 15) is 10.2 Å². The summed E-state index contributed by atoms with van der Waals surface area (Å²) >= 11 is 0. The molecule has 2 heterocycles. The summed E-state index contributed by atoms with van der Waals surface area (Å²) in [5.74, 6) is 0.147. The zero-order chi connectivity index (χ0) is 23.9. The molecular weight excluding hydrogens is 434 g/mol. The summed E-state index contributed by atoms with van der Waals surface area (Å²) in [6.45, 7) is 2.05. The first-order valence-electron chi connectivity index (χ1n) is 11.8. The largest absolute Gasteiger partial charge is 0.493 e. The maximum Gasteiger partial charge on any atom is 0.220 e. The van der Waals surface area contributed by atoms with Gasteiger partial charge < -0.3 is 10.2 Å². The molecule has 0 bridgehead atoms. The van der Waals surface area contributed by atoms with E-state index in [0.717, 1.165) is 44.2 Å². The van der Waals surface area contributed by atoms with Gasteiger partial charge in [-0.3, -0.25) is 4.40 Å². The first-order chi connectivity index (χ1) is 17.1. The lowest BCUT2D eigenvalue weighted by atomic mass is 10.0. The van der Waals surface area contributed by atoms with Crippen LogP contribution in [0.15, 0.2) is 84.9 Å². The van der Waals surface area contributed by atoms with Gasteiger partial charge in [-0.15, -0.1) is 0 Å². The minimum atomic E-state index is -0.00955. The molecule has 0 atom stereocenters. The highest BCUT2D eigenvalue weighted by molar-refractivity contribution is 6.05. The molecule has 2 aromatic heterocycles. The summed E-state index contributed by atoms with van der Waals surface area (Å²) in [5.41, 5.74) is 8.01. The molecule has 0 spiro atoms. The molecule has 0 saturated heterocycles. The molecular formula is C30H25N3O2. The topological polar surface area (TPSA) is 70.7 Å². The van der Waals surface area contributed by atoms with Crippen molar-refractivity contribution in [3.63, 3.8) is 0 Å². The molecule has 6 rings (SSSR count). The number of hydrogen-bond donors (Lipinski definition) is 2. The first-order valence-corrected chi connectivity index (χ1v) is 11.8. The Kier molecular flexibility index (Phi) is 5.20. The van der Waals surface area contributed by atoms with Gasteiger partial charge in [0.1, 0.15) is 5.69 Å². The number of aliphatic hydroxyl groups excluding tert-OH is 1. The fourth-order valence-corrected chi connectivity index (χ4v) is 4.74. The summed E-state index contributed by atoms with van der Waals surface area (Å²) < 4.78 is 1.84. The molecule has 4 aromatic carbocycles. The third-order valence-electron chi connectivity index (χ3n) is 6.59. The molecule has 0 amide bonds. The second-order valence-corrected chi connectivity index (χ2v) is 9.07. The van der Waals surface area contributed by atoms with E-state index in [-0.39, 0.29) is 12.5 Å². The van der Waals surface area contributed by atoms with Gasteiger partial charge in [0.25, 0.3) is 0 Å². The van der Waals surface area contributed by atoms with Crippen molar-refractivity contribution in [1.29, 1.82) is 0 Å². The number of nitrogens with zero attached hydrogens (tertiary/aromatic N) is 3. The van der Waals surface area contributed by atoms with Gasteiger partial charge in [0, 0.05) is 18.2 Å². The lowest BCUT2D eigenvalue weighted by Crippen LogP contribution is -2.01. The zero-order valence-electron chi connectivity index (χ0n) is 19.4. The second kappa shape index (κ2) is 8.53. The first kappa shape index (κ1) is 21.3. The van der Waals surface area contributed by atoms with E-state index in [2.05, 4.69) is 43.3 Å². The number of imidazole rings is 1. The fraction of sp³-hybridized carbons (Fsp3) is 0.133. The van der Waals surface area contributed by atoms with Crippen molar-refractivity contribution >= 4 is 27.5 Å². The number of benzene rings is 4. The van der Waals surface area contributed by atoms with Crippen molar-refractivity contribution in [1.82, 2.24) is 14.4 Å². The van der Waals surface area contributed by atoms with Crippen LogP contribution in [0.1, 0.15) is 33.6 Å². The molecule has 6 aromatic rings. The van der Waals surface area contributed by atoms with E-state index < -0.39 is 0 Å². The molecule has 172 valence electrons.